The Bertz CT molecular complexity index is 777. The summed E-state index contributed by atoms with van der Waals surface area (Å²) < 4.78 is 50.3. The van der Waals surface area contributed by atoms with E-state index >= 15 is 0 Å². The van der Waals surface area contributed by atoms with E-state index < -0.39 is 31.0 Å². The molecule has 1 aromatic carbocycles. The first-order chi connectivity index (χ1) is 13.8. The fourth-order valence-corrected chi connectivity index (χ4v) is 3.66. The zero-order valence-corrected chi connectivity index (χ0v) is 18.1. The first-order valence-electron chi connectivity index (χ1n) is 10.1. The third-order valence-corrected chi connectivity index (χ3v) is 6.13. The number of hydrogen-bond donors (Lipinski definition) is 1. The molecule has 0 saturated carbocycles. The lowest BCUT2D eigenvalue weighted by atomic mass is 9.78. The number of carbonyl (C=O) groups is 1. The first-order valence-corrected chi connectivity index (χ1v) is 10.1. The Labute approximate surface area is 175 Å². The number of nitrogens with one attached hydrogen (secondary N) is 1. The van der Waals surface area contributed by atoms with Crippen LogP contribution >= 0.6 is 0 Å². The van der Waals surface area contributed by atoms with E-state index in [9.17, 15) is 18.0 Å². The van der Waals surface area contributed by atoms with Crippen molar-refractivity contribution < 1.29 is 27.3 Å². The van der Waals surface area contributed by atoms with Gasteiger partial charge in [-0.3, -0.25) is 9.69 Å². The second-order valence-corrected chi connectivity index (χ2v) is 8.82. The number of amides is 1. The minimum absolute atomic E-state index is 0.247. The summed E-state index contributed by atoms with van der Waals surface area (Å²) in [5, 5.41) is 2.63. The predicted molar refractivity (Wildman–Crippen MR) is 110 cm³/mol. The van der Waals surface area contributed by atoms with Crippen LogP contribution in [-0.2, 0) is 9.31 Å². The molecule has 1 N–H and O–H groups in total. The molecular formula is C20H29BF3N3O3. The van der Waals surface area contributed by atoms with Gasteiger partial charge in [0.1, 0.15) is 0 Å². The van der Waals surface area contributed by atoms with Crippen molar-refractivity contribution in [1.29, 1.82) is 0 Å². The molecule has 0 atom stereocenters. The van der Waals surface area contributed by atoms with Crippen LogP contribution in [0.3, 0.4) is 0 Å². The molecule has 3 rings (SSSR count). The maximum atomic E-state index is 12.7. The molecule has 2 fully saturated rings. The maximum Gasteiger partial charge on any atom is 0.494 e. The van der Waals surface area contributed by atoms with Gasteiger partial charge in [0, 0.05) is 38.9 Å². The fraction of sp³-hybridized carbons (Fsp3) is 0.650. The molecule has 2 saturated heterocycles. The van der Waals surface area contributed by atoms with E-state index in [0.29, 0.717) is 24.3 Å². The Kier molecular flexibility index (Phi) is 6.15. The molecule has 2 aliphatic rings. The van der Waals surface area contributed by atoms with Crippen molar-refractivity contribution in [1.82, 2.24) is 10.2 Å². The number of nitrogens with zero attached hydrogens (tertiary/aromatic N) is 2. The van der Waals surface area contributed by atoms with Crippen molar-refractivity contribution in [3.05, 3.63) is 23.8 Å². The van der Waals surface area contributed by atoms with Gasteiger partial charge in [-0.25, -0.2) is 0 Å². The largest absolute Gasteiger partial charge is 0.494 e. The normalized spacial score (nSPS) is 21.7. The third kappa shape index (κ3) is 4.76. The number of carbonyl (C=O) groups excluding carboxylic acids is 1. The number of rotatable bonds is 4. The molecule has 0 spiro atoms. The molecule has 0 bridgehead atoms. The lowest BCUT2D eigenvalue weighted by Gasteiger charge is -2.37. The molecule has 10 heteroatoms. The van der Waals surface area contributed by atoms with Crippen LogP contribution in [0.1, 0.15) is 38.1 Å². The van der Waals surface area contributed by atoms with E-state index in [2.05, 4.69) is 5.32 Å². The molecular weight excluding hydrogens is 398 g/mol. The van der Waals surface area contributed by atoms with E-state index in [1.54, 1.807) is 19.2 Å². The van der Waals surface area contributed by atoms with Gasteiger partial charge in [-0.2, -0.15) is 13.2 Å². The van der Waals surface area contributed by atoms with E-state index in [-0.39, 0.29) is 19.0 Å². The summed E-state index contributed by atoms with van der Waals surface area (Å²) in [5.74, 6) is -0.247. The van der Waals surface area contributed by atoms with Crippen LogP contribution < -0.4 is 15.7 Å². The van der Waals surface area contributed by atoms with Gasteiger partial charge in [0.2, 0.25) is 0 Å². The van der Waals surface area contributed by atoms with Gasteiger partial charge < -0.3 is 19.5 Å². The zero-order chi connectivity index (χ0) is 22.3. The van der Waals surface area contributed by atoms with Gasteiger partial charge in [0.25, 0.3) is 5.91 Å². The van der Waals surface area contributed by atoms with Crippen molar-refractivity contribution in [3.8, 4) is 0 Å². The molecule has 2 heterocycles. The molecule has 166 valence electrons. The molecule has 0 radical (unpaired) electrons. The van der Waals surface area contributed by atoms with Gasteiger partial charge in [-0.15, -0.1) is 0 Å². The van der Waals surface area contributed by atoms with E-state index in [1.165, 1.54) is 4.90 Å². The SMILES string of the molecule is CNC(=O)c1ccc(B2OC(C)(C)C(C)(C)O2)cc1N1CCN(CC(F)(F)F)CC1. The predicted octanol–water partition coefficient (Wildman–Crippen LogP) is 2.03. The average molecular weight is 427 g/mol. The lowest BCUT2D eigenvalue weighted by Crippen LogP contribution is -2.50. The number of benzene rings is 1. The molecule has 6 nitrogen and oxygen atoms in total. The van der Waals surface area contributed by atoms with Gasteiger partial charge in [-0.1, -0.05) is 6.07 Å². The summed E-state index contributed by atoms with van der Waals surface area (Å²) in [6, 6.07) is 5.37. The molecule has 0 aliphatic carbocycles. The van der Waals surface area contributed by atoms with Gasteiger partial charge in [0.15, 0.2) is 0 Å². The smallest absolute Gasteiger partial charge is 0.399 e. The van der Waals surface area contributed by atoms with E-state index in [4.69, 9.17) is 9.31 Å². The highest BCUT2D eigenvalue weighted by Gasteiger charge is 2.51. The number of hydrogen-bond acceptors (Lipinski definition) is 5. The van der Waals surface area contributed by atoms with Crippen LogP contribution in [0, 0.1) is 0 Å². The fourth-order valence-electron chi connectivity index (χ4n) is 3.66. The number of halogens is 3. The van der Waals surface area contributed by atoms with Crippen molar-refractivity contribution >= 4 is 24.2 Å². The summed E-state index contributed by atoms with van der Waals surface area (Å²) in [6.45, 7) is 8.27. The second-order valence-electron chi connectivity index (χ2n) is 8.82. The number of alkyl halides is 3. The summed E-state index contributed by atoms with van der Waals surface area (Å²) in [5.41, 5.74) is 0.922. The number of piperazine rings is 1. The van der Waals surface area contributed by atoms with Crippen LogP contribution in [0.15, 0.2) is 18.2 Å². The minimum Gasteiger partial charge on any atom is -0.399 e. The maximum absolute atomic E-state index is 12.7. The molecule has 1 aromatic rings. The van der Waals surface area contributed by atoms with Crippen LogP contribution in [0.5, 0.6) is 0 Å². The molecule has 2 aliphatic heterocycles. The molecule has 1 amide bonds. The van der Waals surface area contributed by atoms with Crippen molar-refractivity contribution in [2.45, 2.75) is 45.1 Å². The molecule has 30 heavy (non-hydrogen) atoms. The van der Waals surface area contributed by atoms with Crippen molar-refractivity contribution in [3.63, 3.8) is 0 Å². The van der Waals surface area contributed by atoms with Crippen LogP contribution in [0.4, 0.5) is 18.9 Å². The highest BCUT2D eigenvalue weighted by Crippen LogP contribution is 2.37. The van der Waals surface area contributed by atoms with Crippen molar-refractivity contribution in [2.24, 2.45) is 0 Å². The quantitative estimate of drug-likeness (QED) is 0.746. The third-order valence-electron chi connectivity index (χ3n) is 6.13. The van der Waals surface area contributed by atoms with Crippen LogP contribution in [-0.4, -0.2) is 75.1 Å². The highest BCUT2D eigenvalue weighted by atomic mass is 19.4. The van der Waals surface area contributed by atoms with Crippen LogP contribution in [0.25, 0.3) is 0 Å². The Morgan fingerprint density at radius 2 is 1.67 bits per heavy atom. The topological polar surface area (TPSA) is 54.0 Å². The Balaban J connectivity index is 1.84. The minimum atomic E-state index is -4.22. The van der Waals surface area contributed by atoms with Gasteiger partial charge in [-0.05, 0) is 45.3 Å². The summed E-state index contributed by atoms with van der Waals surface area (Å²) in [6.07, 6.45) is -4.22. The Hall–Kier alpha value is -1.78. The second kappa shape index (κ2) is 8.05. The summed E-state index contributed by atoms with van der Waals surface area (Å²) in [7, 11) is 0.967. The first kappa shape index (κ1) is 22.9. The molecule has 0 aromatic heterocycles. The Morgan fingerprint density at radius 1 is 1.10 bits per heavy atom. The number of anilines is 1. The average Bonchev–Trinajstić information content (AvgIpc) is 2.87. The van der Waals surface area contributed by atoms with Gasteiger partial charge in [0.05, 0.1) is 23.3 Å². The summed E-state index contributed by atoms with van der Waals surface area (Å²) >= 11 is 0. The van der Waals surface area contributed by atoms with Crippen LogP contribution in [0.2, 0.25) is 0 Å². The van der Waals surface area contributed by atoms with E-state index in [0.717, 1.165) is 5.46 Å². The highest BCUT2D eigenvalue weighted by molar-refractivity contribution is 6.62. The standard InChI is InChI=1S/C20H29BF3N3O3/c1-18(2)19(3,4)30-21(29-18)14-6-7-15(17(28)25-5)16(12-14)27-10-8-26(9-11-27)13-20(22,23)24/h6-7,12H,8-11,13H2,1-5H3,(H,25,28). The van der Waals surface area contributed by atoms with E-state index in [1.807, 2.05) is 38.7 Å². The molecule has 0 unspecified atom stereocenters. The Morgan fingerprint density at radius 3 is 2.17 bits per heavy atom. The van der Waals surface area contributed by atoms with Crippen molar-refractivity contribution in [2.75, 3.05) is 44.7 Å². The summed E-state index contributed by atoms with van der Waals surface area (Å²) in [4.78, 5) is 15.7. The monoisotopic (exact) mass is 427 g/mol. The zero-order valence-electron chi connectivity index (χ0n) is 18.1. The van der Waals surface area contributed by atoms with Gasteiger partial charge >= 0.3 is 13.3 Å². The lowest BCUT2D eigenvalue weighted by molar-refractivity contribution is -0.146.